The first-order valence-electron chi connectivity index (χ1n) is 6.91. The van der Waals surface area contributed by atoms with E-state index >= 15 is 0 Å². The molecule has 0 spiro atoms. The number of carbonyl (C=O) groups excluding carboxylic acids is 1. The van der Waals surface area contributed by atoms with Crippen LogP contribution in [0.5, 0.6) is 5.75 Å². The molecule has 1 fully saturated rings. The van der Waals surface area contributed by atoms with E-state index in [1.807, 2.05) is 0 Å². The van der Waals surface area contributed by atoms with E-state index in [9.17, 15) is 19.4 Å². The second-order valence-electron chi connectivity index (χ2n) is 5.46. The molecule has 0 heterocycles. The first-order valence-corrected chi connectivity index (χ1v) is 6.91. The summed E-state index contributed by atoms with van der Waals surface area (Å²) < 4.78 is 13.2. The lowest BCUT2D eigenvalue weighted by molar-refractivity contribution is 0.0450. The molecule has 1 aliphatic rings. The number of hydrogen-bond acceptors (Lipinski definition) is 3. The molecule has 0 aliphatic heterocycles. The summed E-state index contributed by atoms with van der Waals surface area (Å²) >= 11 is 0. The quantitative estimate of drug-likeness (QED) is 0.892. The van der Waals surface area contributed by atoms with Crippen LogP contribution < -0.4 is 0 Å². The van der Waals surface area contributed by atoms with Gasteiger partial charge in [-0.15, -0.1) is 0 Å². The van der Waals surface area contributed by atoms with E-state index in [1.165, 1.54) is 11.0 Å². The van der Waals surface area contributed by atoms with Gasteiger partial charge in [-0.1, -0.05) is 12.8 Å². The lowest BCUT2D eigenvalue weighted by atomic mass is 9.86. The highest BCUT2D eigenvalue weighted by molar-refractivity contribution is 5.96. The molecule has 5 heteroatoms. The number of rotatable bonds is 3. The van der Waals surface area contributed by atoms with E-state index < -0.39 is 11.7 Å². The summed E-state index contributed by atoms with van der Waals surface area (Å²) in [4.78, 5) is 13.7. The molecular formula is C15H20FNO3. The lowest BCUT2D eigenvalue weighted by Gasteiger charge is -2.31. The monoisotopic (exact) mass is 281 g/mol. The molecule has 1 aromatic carbocycles. The van der Waals surface area contributed by atoms with Gasteiger partial charge in [-0.3, -0.25) is 4.79 Å². The Kier molecular flexibility index (Phi) is 4.60. The predicted octanol–water partition coefficient (Wildman–Crippen LogP) is 2.15. The van der Waals surface area contributed by atoms with Gasteiger partial charge in [0.2, 0.25) is 0 Å². The number of amides is 1. The first-order chi connectivity index (χ1) is 9.49. The minimum Gasteiger partial charge on any atom is -0.507 e. The summed E-state index contributed by atoms with van der Waals surface area (Å²) in [5.74, 6) is -1.17. The van der Waals surface area contributed by atoms with Crippen LogP contribution in [0, 0.1) is 11.7 Å². The van der Waals surface area contributed by atoms with Gasteiger partial charge in [0.25, 0.3) is 5.91 Å². The van der Waals surface area contributed by atoms with Gasteiger partial charge in [-0.25, -0.2) is 4.39 Å². The van der Waals surface area contributed by atoms with Crippen LogP contribution in [0.25, 0.3) is 0 Å². The Morgan fingerprint density at radius 2 is 2.10 bits per heavy atom. The van der Waals surface area contributed by atoms with Crippen LogP contribution in [0.15, 0.2) is 18.2 Å². The van der Waals surface area contributed by atoms with E-state index in [2.05, 4.69) is 0 Å². The maximum Gasteiger partial charge on any atom is 0.257 e. The van der Waals surface area contributed by atoms with Crippen LogP contribution in [0.3, 0.4) is 0 Å². The fraction of sp³-hybridized carbons (Fsp3) is 0.533. The zero-order valence-electron chi connectivity index (χ0n) is 11.6. The van der Waals surface area contributed by atoms with Crippen LogP contribution >= 0.6 is 0 Å². The number of carbonyl (C=O) groups is 1. The Morgan fingerprint density at radius 3 is 2.80 bits per heavy atom. The summed E-state index contributed by atoms with van der Waals surface area (Å²) in [6.45, 7) is 0.413. The van der Waals surface area contributed by atoms with Crippen LogP contribution in [0.1, 0.15) is 36.0 Å². The highest BCUT2D eigenvalue weighted by atomic mass is 19.1. The van der Waals surface area contributed by atoms with Crippen LogP contribution in [0.2, 0.25) is 0 Å². The van der Waals surface area contributed by atoms with Crippen molar-refractivity contribution in [1.82, 2.24) is 4.90 Å². The molecule has 20 heavy (non-hydrogen) atoms. The summed E-state index contributed by atoms with van der Waals surface area (Å²) in [5, 5.41) is 19.6. The van der Waals surface area contributed by atoms with Gasteiger partial charge < -0.3 is 15.1 Å². The number of nitrogens with zero attached hydrogens (tertiary/aromatic N) is 1. The zero-order chi connectivity index (χ0) is 14.7. The topological polar surface area (TPSA) is 60.8 Å². The van der Waals surface area contributed by atoms with E-state index in [-0.39, 0.29) is 23.3 Å². The van der Waals surface area contributed by atoms with E-state index in [4.69, 9.17) is 0 Å². The summed E-state index contributed by atoms with van der Waals surface area (Å²) in [7, 11) is 1.61. The Morgan fingerprint density at radius 1 is 1.40 bits per heavy atom. The second kappa shape index (κ2) is 6.22. The van der Waals surface area contributed by atoms with Crippen molar-refractivity contribution in [3.63, 3.8) is 0 Å². The molecule has 0 radical (unpaired) electrons. The molecular weight excluding hydrogens is 261 g/mol. The molecule has 0 bridgehead atoms. The average molecular weight is 281 g/mol. The molecule has 2 unspecified atom stereocenters. The van der Waals surface area contributed by atoms with Crippen LogP contribution in [-0.2, 0) is 0 Å². The highest BCUT2D eigenvalue weighted by Gasteiger charge is 2.26. The number of aromatic hydroxyl groups is 1. The van der Waals surface area contributed by atoms with Crippen molar-refractivity contribution in [3.05, 3.63) is 29.6 Å². The number of aliphatic hydroxyl groups excluding tert-OH is 1. The first kappa shape index (κ1) is 14.8. The average Bonchev–Trinajstić information content (AvgIpc) is 2.43. The standard InChI is InChI=1S/C15H20FNO3/c1-17(9-10-4-2-3-5-13(10)18)15(20)12-8-11(16)6-7-14(12)19/h6-8,10,13,18-19H,2-5,9H2,1H3. The van der Waals surface area contributed by atoms with Crippen molar-refractivity contribution in [2.45, 2.75) is 31.8 Å². The van der Waals surface area contributed by atoms with Crippen LogP contribution in [-0.4, -0.2) is 40.7 Å². The predicted molar refractivity (Wildman–Crippen MR) is 73.0 cm³/mol. The molecule has 2 rings (SSSR count). The van der Waals surface area contributed by atoms with Gasteiger partial charge in [-0.2, -0.15) is 0 Å². The minimum absolute atomic E-state index is 0.0437. The van der Waals surface area contributed by atoms with Gasteiger partial charge in [0.1, 0.15) is 11.6 Å². The molecule has 0 saturated heterocycles. The number of phenolic OH excluding ortho intramolecular Hbond substituents is 1. The third-order valence-electron chi connectivity index (χ3n) is 3.91. The maximum atomic E-state index is 13.2. The molecule has 1 aliphatic carbocycles. The maximum absolute atomic E-state index is 13.2. The molecule has 110 valence electrons. The number of hydrogen-bond donors (Lipinski definition) is 2. The largest absolute Gasteiger partial charge is 0.507 e. The van der Waals surface area contributed by atoms with E-state index in [0.717, 1.165) is 37.8 Å². The smallest absolute Gasteiger partial charge is 0.257 e. The Balaban J connectivity index is 2.06. The number of phenols is 1. The summed E-state index contributed by atoms with van der Waals surface area (Å²) in [6.07, 6.45) is 3.32. The van der Waals surface area contributed by atoms with E-state index in [0.29, 0.717) is 6.54 Å². The molecule has 1 saturated carbocycles. The van der Waals surface area contributed by atoms with Crippen molar-refractivity contribution >= 4 is 5.91 Å². The minimum atomic E-state index is -0.558. The van der Waals surface area contributed by atoms with Gasteiger partial charge >= 0.3 is 0 Å². The van der Waals surface area contributed by atoms with Crippen molar-refractivity contribution < 1.29 is 19.4 Å². The Labute approximate surface area is 117 Å². The molecule has 2 N–H and O–H groups in total. The van der Waals surface area contributed by atoms with Gasteiger partial charge in [-0.05, 0) is 31.0 Å². The van der Waals surface area contributed by atoms with Crippen LogP contribution in [0.4, 0.5) is 4.39 Å². The fourth-order valence-electron chi connectivity index (χ4n) is 2.72. The molecule has 0 aromatic heterocycles. The zero-order valence-corrected chi connectivity index (χ0v) is 11.6. The van der Waals surface area contributed by atoms with Gasteiger partial charge in [0, 0.05) is 19.5 Å². The summed E-state index contributed by atoms with van der Waals surface area (Å²) in [5.41, 5.74) is -0.0437. The fourth-order valence-corrected chi connectivity index (χ4v) is 2.72. The third-order valence-corrected chi connectivity index (χ3v) is 3.91. The molecule has 4 nitrogen and oxygen atoms in total. The highest BCUT2D eigenvalue weighted by Crippen LogP contribution is 2.26. The number of benzene rings is 1. The van der Waals surface area contributed by atoms with Crippen molar-refractivity contribution in [1.29, 1.82) is 0 Å². The summed E-state index contributed by atoms with van der Waals surface area (Å²) in [6, 6.07) is 3.31. The van der Waals surface area contributed by atoms with Crippen molar-refractivity contribution in [2.24, 2.45) is 5.92 Å². The molecule has 1 aromatic rings. The normalized spacial score (nSPS) is 22.6. The van der Waals surface area contributed by atoms with E-state index in [1.54, 1.807) is 7.05 Å². The lowest BCUT2D eigenvalue weighted by Crippen LogP contribution is -2.38. The number of aliphatic hydroxyl groups is 1. The van der Waals surface area contributed by atoms with Crippen molar-refractivity contribution in [3.8, 4) is 5.75 Å². The van der Waals surface area contributed by atoms with Crippen molar-refractivity contribution in [2.75, 3.05) is 13.6 Å². The van der Waals surface area contributed by atoms with Gasteiger partial charge in [0.15, 0.2) is 0 Å². The number of halogens is 1. The SMILES string of the molecule is CN(CC1CCCCC1O)C(=O)c1cc(F)ccc1O. The third kappa shape index (κ3) is 3.28. The van der Waals surface area contributed by atoms with Gasteiger partial charge in [0.05, 0.1) is 11.7 Å². The molecule has 2 atom stereocenters. The molecule has 1 amide bonds. The Bertz CT molecular complexity index is 492. The second-order valence-corrected chi connectivity index (χ2v) is 5.46. The Hall–Kier alpha value is -1.62.